The van der Waals surface area contributed by atoms with E-state index in [0.29, 0.717) is 23.0 Å². The molecule has 1 heteroatoms. The van der Waals surface area contributed by atoms with E-state index < -0.39 is 0 Å². The molecule has 0 N–H and O–H groups in total. The van der Waals surface area contributed by atoms with Crippen LogP contribution in [0.25, 0.3) is 5.57 Å². The van der Waals surface area contributed by atoms with Gasteiger partial charge in [-0.2, -0.15) is 0 Å². The smallest absolute Gasteiger partial charge is 0.0127 e. The van der Waals surface area contributed by atoms with Crippen molar-refractivity contribution in [2.24, 2.45) is 5.92 Å². The first-order chi connectivity index (χ1) is 9.75. The summed E-state index contributed by atoms with van der Waals surface area (Å²) in [5, 5.41) is 3.08. The summed E-state index contributed by atoms with van der Waals surface area (Å²) < 4.78 is 0. The van der Waals surface area contributed by atoms with Gasteiger partial charge in [-0.1, -0.05) is 47.6 Å². The van der Waals surface area contributed by atoms with Gasteiger partial charge in [-0.3, -0.25) is 0 Å². The van der Waals surface area contributed by atoms with Crippen LogP contribution in [0.4, 0.5) is 0 Å². The lowest BCUT2D eigenvalue weighted by Crippen LogP contribution is -2.13. The first-order valence-corrected chi connectivity index (χ1v) is 9.19. The first kappa shape index (κ1) is 16.7. The summed E-state index contributed by atoms with van der Waals surface area (Å²) in [5.74, 6) is 1.76. The van der Waals surface area contributed by atoms with Gasteiger partial charge in [0.1, 0.15) is 0 Å². The minimum atomic E-state index is 0.575. The number of thioether (sulfide) groups is 1. The van der Waals surface area contributed by atoms with Gasteiger partial charge in [0.2, 0.25) is 0 Å². The molecule has 0 nitrogen and oxygen atoms in total. The maximum atomic E-state index is 2.44. The molecule has 0 bridgehead atoms. The summed E-state index contributed by atoms with van der Waals surface area (Å²) in [6.07, 6.45) is 0. The summed E-state index contributed by atoms with van der Waals surface area (Å²) >= 11 is 2.01. The van der Waals surface area contributed by atoms with E-state index in [0.717, 1.165) is 0 Å². The van der Waals surface area contributed by atoms with E-state index in [9.17, 15) is 0 Å². The molecule has 2 rings (SSSR count). The van der Waals surface area contributed by atoms with Gasteiger partial charge in [-0.15, -0.1) is 11.8 Å². The number of hydrogen-bond acceptors (Lipinski definition) is 1. The second-order valence-electron chi connectivity index (χ2n) is 7.21. The molecule has 1 aliphatic heterocycles. The normalized spacial score (nSPS) is 22.3. The van der Waals surface area contributed by atoms with Gasteiger partial charge in [0.05, 0.1) is 0 Å². The van der Waals surface area contributed by atoms with E-state index in [1.54, 1.807) is 11.1 Å². The van der Waals surface area contributed by atoms with Crippen LogP contribution < -0.4 is 0 Å². The zero-order valence-corrected chi connectivity index (χ0v) is 15.7. The molecule has 0 amide bonds. The monoisotopic (exact) mass is 302 g/mol. The van der Waals surface area contributed by atoms with Crippen LogP contribution in [0, 0.1) is 19.8 Å². The summed E-state index contributed by atoms with van der Waals surface area (Å²) in [5.41, 5.74) is 9.20. The van der Waals surface area contributed by atoms with Gasteiger partial charge in [0.15, 0.2) is 0 Å². The Morgan fingerprint density at radius 2 is 1.62 bits per heavy atom. The third kappa shape index (κ3) is 2.95. The molecule has 0 radical (unpaired) electrons. The Morgan fingerprint density at radius 3 is 2.14 bits per heavy atom. The fraction of sp³-hybridized carbons (Fsp3) is 0.600. The van der Waals surface area contributed by atoms with E-state index in [4.69, 9.17) is 0 Å². The van der Waals surface area contributed by atoms with Crippen molar-refractivity contribution in [3.8, 4) is 0 Å². The minimum Gasteiger partial charge on any atom is -0.130 e. The number of hydrogen-bond donors (Lipinski definition) is 0. The lowest BCUT2D eigenvalue weighted by atomic mass is 9.77. The van der Waals surface area contributed by atoms with Crippen LogP contribution in [0.15, 0.2) is 11.5 Å². The molecule has 0 aliphatic carbocycles. The van der Waals surface area contributed by atoms with E-state index in [1.165, 1.54) is 22.3 Å². The minimum absolute atomic E-state index is 0.575. The number of benzene rings is 1. The van der Waals surface area contributed by atoms with Crippen molar-refractivity contribution in [1.82, 2.24) is 0 Å². The molecular weight excluding hydrogens is 272 g/mol. The van der Waals surface area contributed by atoms with Crippen LogP contribution in [0.1, 0.15) is 81.2 Å². The highest BCUT2D eigenvalue weighted by Crippen LogP contribution is 2.46. The van der Waals surface area contributed by atoms with Crippen molar-refractivity contribution < 1.29 is 0 Å². The van der Waals surface area contributed by atoms with E-state index in [1.807, 2.05) is 11.8 Å². The predicted molar refractivity (Wildman–Crippen MR) is 98.3 cm³/mol. The molecule has 1 heterocycles. The summed E-state index contributed by atoms with van der Waals surface area (Å²) in [7, 11) is 0. The second-order valence-corrected chi connectivity index (χ2v) is 8.46. The molecule has 0 fully saturated rings. The maximum Gasteiger partial charge on any atom is 0.0127 e. The van der Waals surface area contributed by atoms with Gasteiger partial charge in [-0.25, -0.2) is 0 Å². The zero-order chi connectivity index (χ0) is 15.9. The molecule has 21 heavy (non-hydrogen) atoms. The van der Waals surface area contributed by atoms with Gasteiger partial charge >= 0.3 is 0 Å². The zero-order valence-electron chi connectivity index (χ0n) is 14.9. The fourth-order valence-electron chi connectivity index (χ4n) is 3.33. The van der Waals surface area contributed by atoms with Crippen LogP contribution >= 0.6 is 11.8 Å². The van der Waals surface area contributed by atoms with Crippen LogP contribution in [0.5, 0.6) is 0 Å². The highest BCUT2D eigenvalue weighted by molar-refractivity contribution is 8.02. The van der Waals surface area contributed by atoms with Crippen molar-refractivity contribution in [1.29, 1.82) is 0 Å². The quantitative estimate of drug-likeness (QED) is 0.588. The predicted octanol–water partition coefficient (Wildman–Crippen LogP) is 6.66. The fourth-order valence-corrected chi connectivity index (χ4v) is 4.46. The largest absolute Gasteiger partial charge is 0.130 e. The molecule has 1 aromatic carbocycles. The molecule has 1 aromatic rings. The molecule has 0 saturated carbocycles. The molecule has 116 valence electrons. The number of aryl methyl sites for hydroxylation is 1. The second kappa shape index (κ2) is 6.20. The van der Waals surface area contributed by atoms with Crippen LogP contribution in [0.3, 0.4) is 0 Å². The highest BCUT2D eigenvalue weighted by atomic mass is 32.2. The van der Waals surface area contributed by atoms with Gasteiger partial charge in [0.25, 0.3) is 0 Å². The molecular formula is C20H30S. The Bertz CT molecular complexity index is 564. The average Bonchev–Trinajstić information content (AvgIpc) is 2.52. The Labute approximate surface area is 135 Å². The van der Waals surface area contributed by atoms with Crippen LogP contribution in [-0.2, 0) is 0 Å². The van der Waals surface area contributed by atoms with Gasteiger partial charge in [-0.05, 0) is 70.4 Å². The van der Waals surface area contributed by atoms with Crippen molar-refractivity contribution >= 4 is 17.3 Å². The number of fused-ring (bicyclic) bond motifs is 1. The van der Waals surface area contributed by atoms with Crippen molar-refractivity contribution in [3.05, 3.63) is 39.3 Å². The Balaban J connectivity index is 2.86. The van der Waals surface area contributed by atoms with Crippen molar-refractivity contribution in [2.45, 2.75) is 72.5 Å². The third-order valence-corrected chi connectivity index (χ3v) is 6.25. The lowest BCUT2D eigenvalue weighted by molar-refractivity contribution is 0.734. The van der Waals surface area contributed by atoms with E-state index >= 15 is 0 Å². The van der Waals surface area contributed by atoms with Crippen LogP contribution in [-0.4, -0.2) is 5.25 Å². The summed E-state index contributed by atoms with van der Waals surface area (Å²) in [6.45, 7) is 18.7. The summed E-state index contributed by atoms with van der Waals surface area (Å²) in [6, 6.07) is 2.43. The first-order valence-electron chi connectivity index (χ1n) is 8.25. The SMILES string of the molecule is Cc1cc(C(C)C)c2c(c1C)[C@H](C)[C@H](C)SC=C2C(C)C. The Morgan fingerprint density at radius 1 is 1.00 bits per heavy atom. The van der Waals surface area contributed by atoms with E-state index in [2.05, 4.69) is 66.9 Å². The van der Waals surface area contributed by atoms with E-state index in [-0.39, 0.29) is 0 Å². The molecule has 1 aliphatic rings. The topological polar surface area (TPSA) is 0 Å². The molecule has 2 atom stereocenters. The number of rotatable bonds is 2. The van der Waals surface area contributed by atoms with Crippen LogP contribution in [0.2, 0.25) is 0 Å². The van der Waals surface area contributed by atoms with Crippen molar-refractivity contribution in [2.75, 3.05) is 0 Å². The summed E-state index contributed by atoms with van der Waals surface area (Å²) in [4.78, 5) is 0. The average molecular weight is 303 g/mol. The molecule has 0 spiro atoms. The maximum absolute atomic E-state index is 2.44. The molecule has 0 unspecified atom stereocenters. The number of allylic oxidation sites excluding steroid dienone is 1. The highest BCUT2D eigenvalue weighted by Gasteiger charge is 2.28. The molecule has 0 saturated heterocycles. The molecule has 0 aromatic heterocycles. The van der Waals surface area contributed by atoms with Crippen molar-refractivity contribution in [3.63, 3.8) is 0 Å². The van der Waals surface area contributed by atoms with Gasteiger partial charge in [0, 0.05) is 5.25 Å². The third-order valence-electron chi connectivity index (χ3n) is 5.03. The Hall–Kier alpha value is -0.690. The van der Waals surface area contributed by atoms with Gasteiger partial charge < -0.3 is 0 Å². The lowest BCUT2D eigenvalue weighted by Gasteiger charge is -2.27. The standard InChI is InChI=1S/C20H30S/c1-11(2)17-9-13(5)14(6)19-15(7)16(8)21-10-18(12(3)4)20(17)19/h9-12,15-16H,1-8H3/t15-,16+/m1/s1. The Kier molecular flexibility index (Phi) is 4.92.